The van der Waals surface area contributed by atoms with Crippen molar-refractivity contribution in [2.75, 3.05) is 7.11 Å². The van der Waals surface area contributed by atoms with Gasteiger partial charge >= 0.3 is 0 Å². The standard InChI is InChI=1S/C14H14N2O/c1-9-6-12-5-4-11(10(2)8-15)7-13(12)16-14(9)17-3/h4-7,10H,1-3H3. The fraction of sp³-hybridized carbons (Fsp3) is 0.286. The molecule has 0 aliphatic heterocycles. The first-order chi connectivity index (χ1) is 8.15. The molecule has 0 N–H and O–H groups in total. The zero-order chi connectivity index (χ0) is 12.4. The van der Waals surface area contributed by atoms with Crippen LogP contribution in [0.2, 0.25) is 0 Å². The Labute approximate surface area is 101 Å². The third-order valence-electron chi connectivity index (χ3n) is 2.87. The Bertz CT molecular complexity index is 599. The summed E-state index contributed by atoms with van der Waals surface area (Å²) in [7, 11) is 1.61. The van der Waals surface area contributed by atoms with Gasteiger partial charge in [0.25, 0.3) is 0 Å². The number of ether oxygens (including phenoxy) is 1. The molecule has 0 spiro atoms. The summed E-state index contributed by atoms with van der Waals surface area (Å²) >= 11 is 0. The molecule has 0 aliphatic rings. The summed E-state index contributed by atoms with van der Waals surface area (Å²) in [5.74, 6) is 0.521. The van der Waals surface area contributed by atoms with E-state index in [9.17, 15) is 0 Å². The summed E-state index contributed by atoms with van der Waals surface area (Å²) in [6.07, 6.45) is 0. The third-order valence-corrected chi connectivity index (χ3v) is 2.87. The molecule has 0 bridgehead atoms. The molecule has 3 heteroatoms. The molecular formula is C14H14N2O. The van der Waals surface area contributed by atoms with Crippen molar-refractivity contribution in [3.63, 3.8) is 0 Å². The number of rotatable bonds is 2. The van der Waals surface area contributed by atoms with Crippen molar-refractivity contribution in [2.24, 2.45) is 0 Å². The maximum absolute atomic E-state index is 8.91. The molecule has 86 valence electrons. The average Bonchev–Trinajstić information content (AvgIpc) is 2.36. The van der Waals surface area contributed by atoms with Crippen molar-refractivity contribution in [1.82, 2.24) is 4.98 Å². The van der Waals surface area contributed by atoms with E-state index in [0.29, 0.717) is 5.88 Å². The third kappa shape index (κ3) is 2.07. The van der Waals surface area contributed by atoms with Gasteiger partial charge in [0.2, 0.25) is 5.88 Å². The molecular weight excluding hydrogens is 212 g/mol. The van der Waals surface area contributed by atoms with Gasteiger partial charge in [-0.3, -0.25) is 0 Å². The number of nitriles is 1. The average molecular weight is 226 g/mol. The normalized spacial score (nSPS) is 12.1. The Balaban J connectivity index is 2.61. The van der Waals surface area contributed by atoms with Crippen LogP contribution >= 0.6 is 0 Å². The summed E-state index contributed by atoms with van der Waals surface area (Å²) in [5.41, 5.74) is 2.87. The first-order valence-corrected chi connectivity index (χ1v) is 5.50. The second-order valence-electron chi connectivity index (χ2n) is 4.12. The molecule has 1 aromatic carbocycles. The molecule has 0 saturated carbocycles. The minimum atomic E-state index is -0.117. The molecule has 17 heavy (non-hydrogen) atoms. The van der Waals surface area contributed by atoms with Crippen molar-refractivity contribution in [1.29, 1.82) is 5.26 Å². The van der Waals surface area contributed by atoms with Gasteiger partial charge in [-0.25, -0.2) is 4.98 Å². The molecule has 1 atom stereocenters. The maximum Gasteiger partial charge on any atom is 0.216 e. The van der Waals surface area contributed by atoms with Crippen LogP contribution in [0.4, 0.5) is 0 Å². The first-order valence-electron chi connectivity index (χ1n) is 5.50. The predicted octanol–water partition coefficient (Wildman–Crippen LogP) is 3.18. The molecule has 3 nitrogen and oxygen atoms in total. The Morgan fingerprint density at radius 1 is 1.35 bits per heavy atom. The van der Waals surface area contributed by atoms with Gasteiger partial charge < -0.3 is 4.74 Å². The van der Waals surface area contributed by atoms with Gasteiger partial charge in [0.05, 0.1) is 24.6 Å². The molecule has 1 aromatic heterocycles. The highest BCUT2D eigenvalue weighted by Crippen LogP contribution is 2.24. The summed E-state index contributed by atoms with van der Waals surface area (Å²) in [6.45, 7) is 3.85. The fourth-order valence-electron chi connectivity index (χ4n) is 1.82. The molecule has 2 aromatic rings. The van der Waals surface area contributed by atoms with Gasteiger partial charge in [-0.05, 0) is 31.5 Å². The quantitative estimate of drug-likeness (QED) is 0.790. The van der Waals surface area contributed by atoms with E-state index in [0.717, 1.165) is 22.0 Å². The number of nitrogens with zero attached hydrogens (tertiary/aromatic N) is 2. The van der Waals surface area contributed by atoms with Gasteiger partial charge in [0.1, 0.15) is 0 Å². The smallest absolute Gasteiger partial charge is 0.216 e. The van der Waals surface area contributed by atoms with Gasteiger partial charge in [-0.2, -0.15) is 5.26 Å². The Morgan fingerprint density at radius 2 is 2.12 bits per heavy atom. The molecule has 1 unspecified atom stereocenters. The van der Waals surface area contributed by atoms with Gasteiger partial charge in [0.15, 0.2) is 0 Å². The Hall–Kier alpha value is -2.08. The van der Waals surface area contributed by atoms with Crippen LogP contribution in [0.15, 0.2) is 24.3 Å². The number of pyridine rings is 1. The summed E-state index contributed by atoms with van der Waals surface area (Å²) in [4.78, 5) is 4.44. The molecule has 0 saturated heterocycles. The highest BCUT2D eigenvalue weighted by molar-refractivity contribution is 5.81. The first kappa shape index (κ1) is 11.4. The highest BCUT2D eigenvalue weighted by Gasteiger charge is 2.07. The van der Waals surface area contributed by atoms with E-state index in [-0.39, 0.29) is 5.92 Å². The number of aryl methyl sites for hydroxylation is 1. The van der Waals surface area contributed by atoms with E-state index >= 15 is 0 Å². The minimum Gasteiger partial charge on any atom is -0.481 e. The lowest BCUT2D eigenvalue weighted by Crippen LogP contribution is -1.94. The lowest BCUT2D eigenvalue weighted by molar-refractivity contribution is 0.396. The highest BCUT2D eigenvalue weighted by atomic mass is 16.5. The van der Waals surface area contributed by atoms with Crippen LogP contribution in [0.25, 0.3) is 10.9 Å². The van der Waals surface area contributed by atoms with Crippen molar-refractivity contribution in [2.45, 2.75) is 19.8 Å². The SMILES string of the molecule is COc1nc2cc(C(C)C#N)ccc2cc1C. The minimum absolute atomic E-state index is 0.117. The lowest BCUT2D eigenvalue weighted by atomic mass is 10.0. The molecule has 1 heterocycles. The summed E-state index contributed by atoms with van der Waals surface area (Å²) in [5, 5.41) is 9.98. The Morgan fingerprint density at radius 3 is 2.76 bits per heavy atom. The van der Waals surface area contributed by atoms with Gasteiger partial charge in [-0.15, -0.1) is 0 Å². The van der Waals surface area contributed by atoms with E-state index in [2.05, 4.69) is 11.1 Å². The van der Waals surface area contributed by atoms with Crippen LogP contribution in [0.1, 0.15) is 24.0 Å². The molecule has 0 aliphatic carbocycles. The lowest BCUT2D eigenvalue weighted by Gasteiger charge is -2.08. The van der Waals surface area contributed by atoms with E-state index in [1.54, 1.807) is 7.11 Å². The molecule has 0 amide bonds. The van der Waals surface area contributed by atoms with Crippen LogP contribution in [-0.4, -0.2) is 12.1 Å². The number of methoxy groups -OCH3 is 1. The Kier molecular flexibility index (Phi) is 2.97. The van der Waals surface area contributed by atoms with Crippen LogP contribution in [0.3, 0.4) is 0 Å². The second-order valence-corrected chi connectivity index (χ2v) is 4.12. The van der Waals surface area contributed by atoms with E-state index in [4.69, 9.17) is 10.00 Å². The largest absolute Gasteiger partial charge is 0.481 e. The summed E-state index contributed by atoms with van der Waals surface area (Å²) < 4.78 is 5.20. The van der Waals surface area contributed by atoms with Crippen LogP contribution in [-0.2, 0) is 0 Å². The van der Waals surface area contributed by atoms with E-state index in [1.807, 2.05) is 38.1 Å². The van der Waals surface area contributed by atoms with E-state index in [1.165, 1.54) is 0 Å². The summed E-state index contributed by atoms with van der Waals surface area (Å²) in [6, 6.07) is 10.2. The number of hydrogen-bond donors (Lipinski definition) is 0. The second kappa shape index (κ2) is 4.42. The van der Waals surface area contributed by atoms with Crippen molar-refractivity contribution < 1.29 is 4.74 Å². The van der Waals surface area contributed by atoms with Crippen LogP contribution < -0.4 is 4.74 Å². The number of hydrogen-bond acceptors (Lipinski definition) is 3. The maximum atomic E-state index is 8.91. The van der Waals surface area contributed by atoms with Gasteiger partial charge in [0, 0.05) is 10.9 Å². The molecule has 0 fully saturated rings. The van der Waals surface area contributed by atoms with Crippen LogP contribution in [0.5, 0.6) is 5.88 Å². The number of benzene rings is 1. The zero-order valence-electron chi connectivity index (χ0n) is 10.2. The monoisotopic (exact) mass is 226 g/mol. The van der Waals surface area contributed by atoms with Gasteiger partial charge in [-0.1, -0.05) is 12.1 Å². The topological polar surface area (TPSA) is 45.9 Å². The van der Waals surface area contributed by atoms with Crippen molar-refractivity contribution in [3.8, 4) is 11.9 Å². The predicted molar refractivity (Wildman–Crippen MR) is 67.1 cm³/mol. The number of fused-ring (bicyclic) bond motifs is 1. The van der Waals surface area contributed by atoms with E-state index < -0.39 is 0 Å². The molecule has 0 radical (unpaired) electrons. The zero-order valence-corrected chi connectivity index (χ0v) is 10.2. The van der Waals surface area contributed by atoms with Crippen molar-refractivity contribution in [3.05, 3.63) is 35.4 Å². The van der Waals surface area contributed by atoms with Crippen LogP contribution in [0, 0.1) is 18.3 Å². The molecule has 2 rings (SSSR count). The fourth-order valence-corrected chi connectivity index (χ4v) is 1.82. The van der Waals surface area contributed by atoms with Crippen molar-refractivity contribution >= 4 is 10.9 Å². The number of aromatic nitrogens is 1.